The van der Waals surface area contributed by atoms with E-state index in [1.807, 2.05) is 0 Å². The summed E-state index contributed by atoms with van der Waals surface area (Å²) in [6.45, 7) is 3.87. The van der Waals surface area contributed by atoms with Gasteiger partial charge in [0, 0.05) is 5.02 Å². The molecule has 1 nitrogen and oxygen atoms in total. The standard InChI is InChI=1S/C19H28ClN.ClH/c20-19-15-16(7-6-14-21-12-4-5-13-21)10-11-18(19)17-8-2-1-3-9-17;/h10-11,15,17H,1-9,12-14H2;1H. The highest BCUT2D eigenvalue weighted by Gasteiger charge is 2.18. The van der Waals surface area contributed by atoms with Crippen molar-refractivity contribution in [2.75, 3.05) is 19.6 Å². The van der Waals surface area contributed by atoms with Gasteiger partial charge in [0.05, 0.1) is 0 Å². The maximum Gasteiger partial charge on any atom is 0.0443 e. The van der Waals surface area contributed by atoms with E-state index in [9.17, 15) is 0 Å². The highest BCUT2D eigenvalue weighted by Crippen LogP contribution is 2.36. The predicted molar refractivity (Wildman–Crippen MR) is 98.5 cm³/mol. The normalized spacial score (nSPS) is 20.0. The van der Waals surface area contributed by atoms with Gasteiger partial charge in [0.25, 0.3) is 0 Å². The fraction of sp³-hybridized carbons (Fsp3) is 0.684. The van der Waals surface area contributed by atoms with E-state index >= 15 is 0 Å². The number of nitrogens with zero attached hydrogens (tertiary/aromatic N) is 1. The van der Waals surface area contributed by atoms with Crippen LogP contribution in [0.25, 0.3) is 0 Å². The molecular weight excluding hydrogens is 313 g/mol. The van der Waals surface area contributed by atoms with Crippen molar-refractivity contribution in [3.05, 3.63) is 34.3 Å². The van der Waals surface area contributed by atoms with Crippen LogP contribution in [0.3, 0.4) is 0 Å². The summed E-state index contributed by atoms with van der Waals surface area (Å²) in [6.07, 6.45) is 12.0. The van der Waals surface area contributed by atoms with Crippen LogP contribution in [0.1, 0.15) is 68.4 Å². The number of hydrogen-bond acceptors (Lipinski definition) is 1. The molecule has 1 aliphatic carbocycles. The third kappa shape index (κ3) is 4.88. The van der Waals surface area contributed by atoms with Crippen LogP contribution >= 0.6 is 24.0 Å². The van der Waals surface area contributed by atoms with Gasteiger partial charge in [0.2, 0.25) is 0 Å². The molecule has 1 saturated carbocycles. The van der Waals surface area contributed by atoms with E-state index in [0.717, 1.165) is 5.02 Å². The summed E-state index contributed by atoms with van der Waals surface area (Å²) in [4.78, 5) is 2.60. The molecule has 1 aliphatic heterocycles. The number of aryl methyl sites for hydroxylation is 1. The minimum absolute atomic E-state index is 0. The molecule has 1 aromatic carbocycles. The average Bonchev–Trinajstić information content (AvgIpc) is 3.02. The third-order valence-electron chi connectivity index (χ3n) is 5.25. The van der Waals surface area contributed by atoms with E-state index in [2.05, 4.69) is 23.1 Å². The first-order valence-electron chi connectivity index (χ1n) is 8.83. The lowest BCUT2D eigenvalue weighted by molar-refractivity contribution is 0.334. The molecule has 1 saturated heterocycles. The quantitative estimate of drug-likeness (QED) is 0.650. The summed E-state index contributed by atoms with van der Waals surface area (Å²) >= 11 is 6.56. The number of halogens is 2. The molecule has 0 spiro atoms. The fourth-order valence-corrected chi connectivity index (χ4v) is 4.34. The molecule has 3 rings (SSSR count). The zero-order valence-electron chi connectivity index (χ0n) is 13.5. The van der Waals surface area contributed by atoms with Crippen molar-refractivity contribution in [3.8, 4) is 0 Å². The Hall–Kier alpha value is -0.240. The minimum atomic E-state index is 0. The molecule has 3 heteroatoms. The van der Waals surface area contributed by atoms with Crippen LogP contribution in [0.15, 0.2) is 18.2 Å². The smallest absolute Gasteiger partial charge is 0.0443 e. The Kier molecular flexibility index (Phi) is 7.53. The van der Waals surface area contributed by atoms with Gasteiger partial charge in [-0.3, -0.25) is 0 Å². The Morgan fingerprint density at radius 2 is 1.73 bits per heavy atom. The Bertz CT molecular complexity index is 449. The minimum Gasteiger partial charge on any atom is -0.303 e. The van der Waals surface area contributed by atoms with Crippen LogP contribution in [0.5, 0.6) is 0 Å². The summed E-state index contributed by atoms with van der Waals surface area (Å²) in [5.41, 5.74) is 2.82. The molecular formula is C19H29Cl2N. The highest BCUT2D eigenvalue weighted by molar-refractivity contribution is 6.31. The van der Waals surface area contributed by atoms with Gasteiger partial charge in [-0.2, -0.15) is 0 Å². The first-order valence-corrected chi connectivity index (χ1v) is 9.21. The molecule has 0 amide bonds. The van der Waals surface area contributed by atoms with E-state index in [0.29, 0.717) is 5.92 Å². The molecule has 0 unspecified atom stereocenters. The molecule has 1 aromatic rings. The second kappa shape index (κ2) is 9.15. The lowest BCUT2D eigenvalue weighted by Crippen LogP contribution is -2.20. The first kappa shape index (κ1) is 18.1. The van der Waals surface area contributed by atoms with E-state index in [4.69, 9.17) is 11.6 Å². The number of likely N-dealkylation sites (tertiary alicyclic amines) is 1. The molecule has 0 atom stereocenters. The Morgan fingerprint density at radius 1 is 1.00 bits per heavy atom. The summed E-state index contributed by atoms with van der Waals surface area (Å²) in [5.74, 6) is 0.713. The summed E-state index contributed by atoms with van der Waals surface area (Å²) < 4.78 is 0. The van der Waals surface area contributed by atoms with Gasteiger partial charge in [0.1, 0.15) is 0 Å². The van der Waals surface area contributed by atoms with Gasteiger partial charge in [-0.1, -0.05) is 43.0 Å². The van der Waals surface area contributed by atoms with Gasteiger partial charge in [-0.05, 0) is 81.3 Å². The molecule has 0 aromatic heterocycles. The van der Waals surface area contributed by atoms with Crippen LogP contribution in [0.2, 0.25) is 5.02 Å². The van der Waals surface area contributed by atoms with Gasteiger partial charge in [0.15, 0.2) is 0 Å². The third-order valence-corrected chi connectivity index (χ3v) is 5.58. The Balaban J connectivity index is 0.00000176. The van der Waals surface area contributed by atoms with Crippen LogP contribution in [0, 0.1) is 0 Å². The van der Waals surface area contributed by atoms with Gasteiger partial charge in [-0.25, -0.2) is 0 Å². The Morgan fingerprint density at radius 3 is 2.41 bits per heavy atom. The van der Waals surface area contributed by atoms with Crippen molar-refractivity contribution in [3.63, 3.8) is 0 Å². The van der Waals surface area contributed by atoms with Gasteiger partial charge >= 0.3 is 0 Å². The molecule has 124 valence electrons. The fourth-order valence-electron chi connectivity index (χ4n) is 3.98. The predicted octanol–water partition coefficient (Wildman–Crippen LogP) is 5.84. The van der Waals surface area contributed by atoms with Crippen molar-refractivity contribution >= 4 is 24.0 Å². The van der Waals surface area contributed by atoms with Crippen molar-refractivity contribution in [1.82, 2.24) is 4.90 Å². The summed E-state index contributed by atoms with van der Waals surface area (Å²) in [6, 6.07) is 6.86. The molecule has 1 heterocycles. The molecule has 0 N–H and O–H groups in total. The monoisotopic (exact) mass is 341 g/mol. The van der Waals surface area contributed by atoms with E-state index in [-0.39, 0.29) is 12.4 Å². The van der Waals surface area contributed by atoms with Crippen molar-refractivity contribution in [2.24, 2.45) is 0 Å². The van der Waals surface area contributed by atoms with Crippen LogP contribution in [-0.2, 0) is 6.42 Å². The molecule has 22 heavy (non-hydrogen) atoms. The summed E-state index contributed by atoms with van der Waals surface area (Å²) in [5, 5.41) is 1.01. The topological polar surface area (TPSA) is 3.24 Å². The number of rotatable bonds is 5. The van der Waals surface area contributed by atoms with Crippen molar-refractivity contribution in [2.45, 2.75) is 63.7 Å². The maximum absolute atomic E-state index is 6.56. The van der Waals surface area contributed by atoms with Gasteiger partial charge in [-0.15, -0.1) is 12.4 Å². The first-order chi connectivity index (χ1) is 10.3. The molecule has 2 aliphatic rings. The van der Waals surface area contributed by atoms with Gasteiger partial charge < -0.3 is 4.90 Å². The second-order valence-electron chi connectivity index (χ2n) is 6.84. The highest BCUT2D eigenvalue weighted by atomic mass is 35.5. The lowest BCUT2D eigenvalue weighted by Gasteiger charge is -2.23. The van der Waals surface area contributed by atoms with E-state index < -0.39 is 0 Å². The maximum atomic E-state index is 6.56. The van der Waals surface area contributed by atoms with E-state index in [1.54, 1.807) is 0 Å². The van der Waals surface area contributed by atoms with Crippen molar-refractivity contribution < 1.29 is 0 Å². The van der Waals surface area contributed by atoms with Crippen molar-refractivity contribution in [1.29, 1.82) is 0 Å². The summed E-state index contributed by atoms with van der Waals surface area (Å²) in [7, 11) is 0. The zero-order valence-corrected chi connectivity index (χ0v) is 15.1. The molecule has 2 fully saturated rings. The van der Waals surface area contributed by atoms with Crippen LogP contribution in [0.4, 0.5) is 0 Å². The molecule has 0 bridgehead atoms. The lowest BCUT2D eigenvalue weighted by atomic mass is 9.84. The van der Waals surface area contributed by atoms with Crippen LogP contribution < -0.4 is 0 Å². The van der Waals surface area contributed by atoms with E-state index in [1.165, 1.54) is 88.5 Å². The second-order valence-corrected chi connectivity index (χ2v) is 7.25. The number of benzene rings is 1. The van der Waals surface area contributed by atoms with Crippen LogP contribution in [-0.4, -0.2) is 24.5 Å². The Labute approximate surface area is 146 Å². The number of hydrogen-bond donors (Lipinski definition) is 0. The average molecular weight is 342 g/mol. The largest absolute Gasteiger partial charge is 0.303 e. The molecule has 0 radical (unpaired) electrons. The zero-order chi connectivity index (χ0) is 14.5. The SMILES string of the molecule is Cl.Clc1cc(CCCN2CCCC2)ccc1C1CCCCC1.